The first-order valence-corrected chi connectivity index (χ1v) is 6.53. The summed E-state index contributed by atoms with van der Waals surface area (Å²) in [5.74, 6) is -1.45. The number of alkyl halides is 6. The second-order valence-corrected chi connectivity index (χ2v) is 4.81. The molecule has 0 radical (unpaired) electrons. The number of nitrogens with one attached hydrogen (secondary N) is 1. The summed E-state index contributed by atoms with van der Waals surface area (Å²) in [5.41, 5.74) is -2.08. The summed E-state index contributed by atoms with van der Waals surface area (Å²) in [6.07, 6.45) is -7.51. The Labute approximate surface area is 136 Å². The molecule has 0 atom stereocenters. The van der Waals surface area contributed by atoms with E-state index in [0.29, 0.717) is 0 Å². The van der Waals surface area contributed by atoms with Crippen molar-refractivity contribution in [2.24, 2.45) is 7.05 Å². The number of halogens is 6. The zero-order valence-corrected chi connectivity index (χ0v) is 12.4. The van der Waals surface area contributed by atoms with Crippen molar-refractivity contribution in [1.29, 1.82) is 0 Å². The maximum Gasteiger partial charge on any atom is 0.435 e. The van der Waals surface area contributed by atoms with Crippen LogP contribution in [0.15, 0.2) is 24.5 Å². The number of rotatable bonds is 4. The van der Waals surface area contributed by atoms with Gasteiger partial charge in [0.2, 0.25) is 5.88 Å². The monoisotopic (exact) mass is 368 g/mol. The molecule has 0 fully saturated rings. The number of aryl methyl sites for hydroxylation is 1. The van der Waals surface area contributed by atoms with E-state index in [1.165, 1.54) is 7.05 Å². The number of hydrogen-bond donors (Lipinski definition) is 1. The van der Waals surface area contributed by atoms with Gasteiger partial charge in [0, 0.05) is 19.3 Å². The smallest absolute Gasteiger partial charge is 0.435 e. The lowest BCUT2D eigenvalue weighted by molar-refractivity contribution is -0.154. The Balaban J connectivity index is 2.09. The molecule has 0 saturated heterocycles. The lowest BCUT2D eigenvalue weighted by Gasteiger charge is -2.09. The van der Waals surface area contributed by atoms with Crippen LogP contribution in [-0.2, 0) is 13.2 Å². The van der Waals surface area contributed by atoms with Gasteiger partial charge in [0.05, 0.1) is 17.4 Å². The minimum Gasteiger partial charge on any atom is -0.468 e. The normalized spacial score (nSPS) is 12.1. The number of aromatic nitrogens is 3. The van der Waals surface area contributed by atoms with Crippen molar-refractivity contribution in [2.75, 3.05) is 11.9 Å². The molecule has 0 aromatic carbocycles. The maximum absolute atomic E-state index is 12.8. The van der Waals surface area contributed by atoms with Gasteiger partial charge in [0.15, 0.2) is 12.3 Å². The Morgan fingerprint density at radius 1 is 1.24 bits per heavy atom. The van der Waals surface area contributed by atoms with E-state index in [1.807, 2.05) is 0 Å². The number of nitrogens with zero attached hydrogens (tertiary/aromatic N) is 3. The summed E-state index contributed by atoms with van der Waals surface area (Å²) < 4.78 is 79.7. The van der Waals surface area contributed by atoms with E-state index in [4.69, 9.17) is 0 Å². The Kier molecular flexibility index (Phi) is 4.90. The molecule has 6 nitrogen and oxygen atoms in total. The molecule has 2 rings (SSSR count). The third-order valence-corrected chi connectivity index (χ3v) is 2.72. The Hall–Kier alpha value is -2.79. The quantitative estimate of drug-likeness (QED) is 0.843. The van der Waals surface area contributed by atoms with Gasteiger partial charge in [0.25, 0.3) is 5.91 Å². The van der Waals surface area contributed by atoms with Crippen molar-refractivity contribution in [1.82, 2.24) is 14.8 Å². The fourth-order valence-electron chi connectivity index (χ4n) is 1.76. The molecule has 2 aromatic rings. The van der Waals surface area contributed by atoms with Crippen LogP contribution in [0, 0.1) is 0 Å². The molecule has 0 aliphatic carbocycles. The van der Waals surface area contributed by atoms with Gasteiger partial charge in [-0.05, 0) is 6.07 Å². The van der Waals surface area contributed by atoms with Crippen LogP contribution in [0.2, 0.25) is 0 Å². The van der Waals surface area contributed by atoms with Crippen molar-refractivity contribution in [2.45, 2.75) is 12.4 Å². The topological polar surface area (TPSA) is 69.0 Å². The lowest BCUT2D eigenvalue weighted by Crippen LogP contribution is -2.20. The molecule has 136 valence electrons. The summed E-state index contributed by atoms with van der Waals surface area (Å²) >= 11 is 0. The van der Waals surface area contributed by atoms with Crippen LogP contribution >= 0.6 is 0 Å². The summed E-state index contributed by atoms with van der Waals surface area (Å²) in [6, 6.07) is 2.18. The van der Waals surface area contributed by atoms with Crippen molar-refractivity contribution in [3.63, 3.8) is 0 Å². The van der Waals surface area contributed by atoms with Crippen LogP contribution in [-0.4, -0.2) is 33.5 Å². The molecule has 0 unspecified atom stereocenters. The van der Waals surface area contributed by atoms with Crippen LogP contribution in [0.1, 0.15) is 16.1 Å². The maximum atomic E-state index is 12.8. The van der Waals surface area contributed by atoms with Crippen molar-refractivity contribution in [3.8, 4) is 5.88 Å². The minimum atomic E-state index is -4.82. The van der Waals surface area contributed by atoms with Crippen LogP contribution in [0.25, 0.3) is 0 Å². The molecule has 0 spiro atoms. The van der Waals surface area contributed by atoms with E-state index in [-0.39, 0.29) is 11.6 Å². The Morgan fingerprint density at radius 2 is 1.92 bits per heavy atom. The van der Waals surface area contributed by atoms with E-state index >= 15 is 0 Å². The van der Waals surface area contributed by atoms with Gasteiger partial charge in [-0.3, -0.25) is 9.48 Å². The lowest BCUT2D eigenvalue weighted by atomic mass is 10.2. The zero-order chi connectivity index (χ0) is 18.8. The van der Waals surface area contributed by atoms with Crippen LogP contribution in [0.3, 0.4) is 0 Å². The third kappa shape index (κ3) is 5.09. The summed E-state index contributed by atoms with van der Waals surface area (Å²) in [5, 5.41) is 5.35. The van der Waals surface area contributed by atoms with Crippen LogP contribution in [0.5, 0.6) is 5.88 Å². The number of ether oxygens (including phenoxy) is 1. The molecule has 1 amide bonds. The van der Waals surface area contributed by atoms with E-state index in [9.17, 15) is 31.1 Å². The highest BCUT2D eigenvalue weighted by atomic mass is 19.4. The van der Waals surface area contributed by atoms with Gasteiger partial charge < -0.3 is 10.1 Å². The zero-order valence-electron chi connectivity index (χ0n) is 12.4. The van der Waals surface area contributed by atoms with Gasteiger partial charge in [-0.2, -0.15) is 31.4 Å². The van der Waals surface area contributed by atoms with E-state index in [1.54, 1.807) is 0 Å². The second kappa shape index (κ2) is 6.61. The van der Waals surface area contributed by atoms with Gasteiger partial charge in [-0.25, -0.2) is 4.98 Å². The molecule has 0 aliphatic rings. The number of anilines is 1. The van der Waals surface area contributed by atoms with E-state index in [2.05, 4.69) is 20.1 Å². The Bertz CT molecular complexity index is 751. The van der Waals surface area contributed by atoms with Crippen LogP contribution in [0.4, 0.5) is 32.0 Å². The van der Waals surface area contributed by atoms with E-state index in [0.717, 1.165) is 29.2 Å². The average molecular weight is 368 g/mol. The average Bonchev–Trinajstić information content (AvgIpc) is 2.88. The standard InChI is InChI=1S/C13H10F6N4O2/c1-23-5-8(10(22-23)13(17,18)19)11(24)21-7-2-3-9(20-4-7)25-6-12(14,15)16/h2-5H,6H2,1H3,(H,21,24). The number of pyridine rings is 1. The fraction of sp³-hybridized carbons (Fsp3) is 0.308. The third-order valence-electron chi connectivity index (χ3n) is 2.72. The number of carbonyl (C=O) groups excluding carboxylic acids is 1. The number of amides is 1. The highest BCUT2D eigenvalue weighted by Gasteiger charge is 2.39. The van der Waals surface area contributed by atoms with Crippen molar-refractivity contribution in [3.05, 3.63) is 35.8 Å². The first kappa shape index (κ1) is 18.5. The van der Waals surface area contributed by atoms with Crippen molar-refractivity contribution < 1.29 is 35.9 Å². The molecular weight excluding hydrogens is 358 g/mol. The van der Waals surface area contributed by atoms with Gasteiger partial charge in [-0.15, -0.1) is 0 Å². The van der Waals surface area contributed by atoms with Crippen molar-refractivity contribution >= 4 is 11.6 Å². The molecule has 25 heavy (non-hydrogen) atoms. The molecule has 0 bridgehead atoms. The van der Waals surface area contributed by atoms with Gasteiger partial charge in [-0.1, -0.05) is 0 Å². The fourth-order valence-corrected chi connectivity index (χ4v) is 1.76. The minimum absolute atomic E-state index is 0.0265. The largest absolute Gasteiger partial charge is 0.468 e. The predicted molar refractivity (Wildman–Crippen MR) is 72.0 cm³/mol. The number of carbonyl (C=O) groups is 1. The van der Waals surface area contributed by atoms with Gasteiger partial charge in [0.1, 0.15) is 0 Å². The molecule has 2 heterocycles. The summed E-state index contributed by atoms with van der Waals surface area (Å²) in [6.45, 7) is -1.55. The first-order chi connectivity index (χ1) is 11.5. The summed E-state index contributed by atoms with van der Waals surface area (Å²) in [7, 11) is 1.22. The molecule has 12 heteroatoms. The highest BCUT2D eigenvalue weighted by molar-refractivity contribution is 6.05. The number of hydrogen-bond acceptors (Lipinski definition) is 4. The molecule has 2 aromatic heterocycles. The summed E-state index contributed by atoms with van der Waals surface area (Å²) in [4.78, 5) is 15.5. The van der Waals surface area contributed by atoms with Gasteiger partial charge >= 0.3 is 12.4 Å². The molecular formula is C13H10F6N4O2. The molecule has 0 saturated carbocycles. The molecule has 0 aliphatic heterocycles. The Morgan fingerprint density at radius 3 is 2.44 bits per heavy atom. The molecule has 1 N–H and O–H groups in total. The highest BCUT2D eigenvalue weighted by Crippen LogP contribution is 2.31. The predicted octanol–water partition coefficient (Wildman–Crippen LogP) is 3.03. The SMILES string of the molecule is Cn1cc(C(=O)Nc2ccc(OCC(F)(F)F)nc2)c(C(F)(F)F)n1. The second-order valence-electron chi connectivity index (χ2n) is 4.81. The first-order valence-electron chi connectivity index (χ1n) is 6.53. The van der Waals surface area contributed by atoms with Crippen LogP contribution < -0.4 is 10.1 Å². The van der Waals surface area contributed by atoms with E-state index < -0.39 is 36.1 Å².